The lowest BCUT2D eigenvalue weighted by Gasteiger charge is -2.02. The fourth-order valence-electron chi connectivity index (χ4n) is 3.33. The Hall–Kier alpha value is -3.10. The molecule has 0 saturated carbocycles. The molecule has 0 saturated heterocycles. The van der Waals surface area contributed by atoms with Gasteiger partial charge in [0.2, 0.25) is 5.89 Å². The van der Waals surface area contributed by atoms with Crippen molar-refractivity contribution in [2.24, 2.45) is 0 Å². The van der Waals surface area contributed by atoms with Crippen molar-refractivity contribution in [1.29, 1.82) is 0 Å². The lowest BCUT2D eigenvalue weighted by Crippen LogP contribution is -2.00. The molecule has 0 amide bonds. The Morgan fingerprint density at radius 1 is 0.844 bits per heavy atom. The van der Waals surface area contributed by atoms with E-state index < -0.39 is 0 Å². The van der Waals surface area contributed by atoms with Crippen LogP contribution in [0.15, 0.2) is 92.4 Å². The van der Waals surface area contributed by atoms with Crippen molar-refractivity contribution < 1.29 is 8.81 Å². The molecule has 2 heterocycles. The van der Waals surface area contributed by atoms with Crippen molar-refractivity contribution in [1.82, 2.24) is 20.0 Å². The third-order valence-electron chi connectivity index (χ3n) is 4.85. The normalized spacial score (nSPS) is 11.1. The van der Waals surface area contributed by atoms with Gasteiger partial charge in [0.15, 0.2) is 5.76 Å². The van der Waals surface area contributed by atoms with E-state index in [1.54, 1.807) is 23.0 Å². The lowest BCUT2D eigenvalue weighted by atomic mass is 10.1. The standard InChI is InChI=1S/C24H15Br2FN4O/c25-18-8-4-15(5-9-18)23-24(16-6-10-19(26)11-7-16)32-22(28-23)14-31-13-21(29-30-31)17-2-1-3-20(27)12-17/h1-13H,14H2. The Bertz CT molecular complexity index is 1320. The Balaban J connectivity index is 1.50. The average molecular weight is 554 g/mol. The summed E-state index contributed by atoms with van der Waals surface area (Å²) in [5.41, 5.74) is 3.86. The fourth-order valence-corrected chi connectivity index (χ4v) is 3.86. The van der Waals surface area contributed by atoms with Crippen molar-refractivity contribution in [3.8, 4) is 33.8 Å². The molecule has 2 aromatic heterocycles. The van der Waals surface area contributed by atoms with Crippen LogP contribution in [0, 0.1) is 5.82 Å². The fraction of sp³-hybridized carbons (Fsp3) is 0.0417. The van der Waals surface area contributed by atoms with Gasteiger partial charge in [-0.25, -0.2) is 14.1 Å². The zero-order chi connectivity index (χ0) is 22.1. The number of hydrogen-bond acceptors (Lipinski definition) is 4. The molecule has 0 aliphatic rings. The van der Waals surface area contributed by atoms with E-state index in [1.807, 2.05) is 48.5 Å². The van der Waals surface area contributed by atoms with Crippen molar-refractivity contribution in [3.63, 3.8) is 0 Å². The number of benzene rings is 3. The maximum Gasteiger partial charge on any atom is 0.217 e. The van der Waals surface area contributed by atoms with E-state index in [4.69, 9.17) is 9.40 Å². The topological polar surface area (TPSA) is 56.7 Å². The molecule has 0 spiro atoms. The Morgan fingerprint density at radius 3 is 2.22 bits per heavy atom. The van der Waals surface area contributed by atoms with E-state index in [0.29, 0.717) is 29.5 Å². The third kappa shape index (κ3) is 4.42. The van der Waals surface area contributed by atoms with E-state index in [9.17, 15) is 4.39 Å². The molecule has 8 heteroatoms. The summed E-state index contributed by atoms with van der Waals surface area (Å²) in [5.74, 6) is 0.861. The van der Waals surface area contributed by atoms with Gasteiger partial charge in [-0.2, -0.15) is 0 Å². The Kier molecular flexibility index (Phi) is 5.71. The first-order valence-corrected chi connectivity index (χ1v) is 11.3. The van der Waals surface area contributed by atoms with Crippen LogP contribution in [0.3, 0.4) is 0 Å². The molecule has 5 nitrogen and oxygen atoms in total. The molecule has 0 atom stereocenters. The summed E-state index contributed by atoms with van der Waals surface area (Å²) in [6.45, 7) is 0.294. The minimum atomic E-state index is -0.317. The second kappa shape index (κ2) is 8.80. The van der Waals surface area contributed by atoms with Crippen molar-refractivity contribution in [2.75, 3.05) is 0 Å². The molecule has 0 aliphatic heterocycles. The van der Waals surface area contributed by atoms with Crippen molar-refractivity contribution in [2.45, 2.75) is 6.54 Å². The highest BCUT2D eigenvalue weighted by Crippen LogP contribution is 2.34. The van der Waals surface area contributed by atoms with E-state index in [-0.39, 0.29) is 5.82 Å². The first kappa shape index (κ1) is 20.8. The van der Waals surface area contributed by atoms with Crippen LogP contribution in [0.25, 0.3) is 33.8 Å². The molecule has 3 aromatic carbocycles. The molecular weight excluding hydrogens is 539 g/mol. The SMILES string of the molecule is Fc1cccc(-c2cn(Cc3nc(-c4ccc(Br)cc4)c(-c4ccc(Br)cc4)o3)nn2)c1. The van der Waals surface area contributed by atoms with E-state index in [1.165, 1.54) is 12.1 Å². The molecule has 5 aromatic rings. The van der Waals surface area contributed by atoms with Gasteiger partial charge in [0.05, 0.1) is 6.20 Å². The van der Waals surface area contributed by atoms with Gasteiger partial charge in [0.25, 0.3) is 0 Å². The summed E-state index contributed by atoms with van der Waals surface area (Å²) in [6.07, 6.45) is 1.75. The van der Waals surface area contributed by atoms with Gasteiger partial charge in [-0.3, -0.25) is 0 Å². The summed E-state index contributed by atoms with van der Waals surface area (Å²) in [4.78, 5) is 4.76. The van der Waals surface area contributed by atoms with E-state index in [2.05, 4.69) is 42.2 Å². The second-order valence-corrected chi connectivity index (χ2v) is 8.94. The number of aromatic nitrogens is 4. The van der Waals surface area contributed by atoms with Crippen LogP contribution in [0.1, 0.15) is 5.89 Å². The molecule has 0 fully saturated rings. The molecular formula is C24H15Br2FN4O. The van der Waals surface area contributed by atoms with Crippen molar-refractivity contribution in [3.05, 3.63) is 99.6 Å². The monoisotopic (exact) mass is 552 g/mol. The van der Waals surface area contributed by atoms with Gasteiger partial charge in [0, 0.05) is 25.6 Å². The molecule has 0 unspecified atom stereocenters. The van der Waals surface area contributed by atoms with Gasteiger partial charge < -0.3 is 4.42 Å². The molecule has 0 radical (unpaired) electrons. The maximum absolute atomic E-state index is 13.5. The lowest BCUT2D eigenvalue weighted by molar-refractivity contribution is 0.469. The van der Waals surface area contributed by atoms with Gasteiger partial charge in [-0.1, -0.05) is 73.5 Å². The first-order chi connectivity index (χ1) is 15.5. The molecule has 32 heavy (non-hydrogen) atoms. The number of hydrogen-bond donors (Lipinski definition) is 0. The number of nitrogens with zero attached hydrogens (tertiary/aromatic N) is 4. The van der Waals surface area contributed by atoms with Crippen LogP contribution in [-0.2, 0) is 6.54 Å². The summed E-state index contributed by atoms with van der Waals surface area (Å²) in [5, 5.41) is 8.31. The highest BCUT2D eigenvalue weighted by molar-refractivity contribution is 9.10. The van der Waals surface area contributed by atoms with Crippen LogP contribution >= 0.6 is 31.9 Å². The first-order valence-electron chi connectivity index (χ1n) is 9.73. The zero-order valence-electron chi connectivity index (χ0n) is 16.5. The number of oxazole rings is 1. The predicted octanol–water partition coefficient (Wildman–Crippen LogP) is 6.98. The summed E-state index contributed by atoms with van der Waals surface area (Å²) in [6, 6.07) is 22.1. The average Bonchev–Trinajstić information content (AvgIpc) is 3.43. The Labute approximate surface area is 200 Å². The van der Waals surface area contributed by atoms with Crippen LogP contribution in [0.5, 0.6) is 0 Å². The smallest absolute Gasteiger partial charge is 0.217 e. The maximum atomic E-state index is 13.5. The third-order valence-corrected chi connectivity index (χ3v) is 5.91. The summed E-state index contributed by atoms with van der Waals surface area (Å²) < 4.78 is 23.3. The molecule has 158 valence electrons. The molecule has 0 N–H and O–H groups in total. The van der Waals surface area contributed by atoms with Gasteiger partial charge in [0.1, 0.15) is 23.7 Å². The number of halogens is 3. The van der Waals surface area contributed by atoms with Gasteiger partial charge >= 0.3 is 0 Å². The highest BCUT2D eigenvalue weighted by Gasteiger charge is 2.18. The van der Waals surface area contributed by atoms with E-state index >= 15 is 0 Å². The van der Waals surface area contributed by atoms with Gasteiger partial charge in [-0.15, -0.1) is 5.10 Å². The minimum Gasteiger partial charge on any atom is -0.438 e. The van der Waals surface area contributed by atoms with Crippen LogP contribution < -0.4 is 0 Å². The van der Waals surface area contributed by atoms with Gasteiger partial charge in [-0.05, 0) is 36.4 Å². The van der Waals surface area contributed by atoms with Crippen LogP contribution in [0.4, 0.5) is 4.39 Å². The second-order valence-electron chi connectivity index (χ2n) is 7.11. The Morgan fingerprint density at radius 2 is 1.53 bits per heavy atom. The predicted molar refractivity (Wildman–Crippen MR) is 127 cm³/mol. The van der Waals surface area contributed by atoms with Crippen LogP contribution in [0.2, 0.25) is 0 Å². The largest absolute Gasteiger partial charge is 0.438 e. The number of rotatable bonds is 5. The van der Waals surface area contributed by atoms with Crippen LogP contribution in [-0.4, -0.2) is 20.0 Å². The quantitative estimate of drug-likeness (QED) is 0.235. The summed E-state index contributed by atoms with van der Waals surface area (Å²) in [7, 11) is 0. The highest BCUT2D eigenvalue weighted by atomic mass is 79.9. The minimum absolute atomic E-state index is 0.294. The summed E-state index contributed by atoms with van der Waals surface area (Å²) >= 11 is 6.95. The van der Waals surface area contributed by atoms with Crippen molar-refractivity contribution >= 4 is 31.9 Å². The molecule has 0 aliphatic carbocycles. The van der Waals surface area contributed by atoms with E-state index in [0.717, 1.165) is 25.8 Å². The molecule has 5 rings (SSSR count). The molecule has 0 bridgehead atoms. The zero-order valence-corrected chi connectivity index (χ0v) is 19.7.